The van der Waals surface area contributed by atoms with Gasteiger partial charge in [0.05, 0.1) is 19.8 Å². The van der Waals surface area contributed by atoms with Crippen LogP contribution in [0.1, 0.15) is 30.9 Å². The Kier molecular flexibility index (Phi) is 10.7. The Bertz CT molecular complexity index is 1340. The van der Waals surface area contributed by atoms with Crippen LogP contribution in [-0.2, 0) is 17.8 Å². The number of piperidine rings is 1. The number of methoxy groups -OCH3 is 1. The van der Waals surface area contributed by atoms with Crippen molar-refractivity contribution in [3.63, 3.8) is 0 Å². The number of rotatable bonds is 11. The number of amides is 1. The summed E-state index contributed by atoms with van der Waals surface area (Å²) < 4.78 is 25.7. The molecule has 0 spiro atoms. The summed E-state index contributed by atoms with van der Waals surface area (Å²) in [6.45, 7) is 8.28. The van der Waals surface area contributed by atoms with Crippen LogP contribution in [0.25, 0.3) is 11.1 Å². The summed E-state index contributed by atoms with van der Waals surface area (Å²) in [6.07, 6.45) is 2.77. The number of carbonyl (C=O) groups is 1. The van der Waals surface area contributed by atoms with Gasteiger partial charge in [-0.2, -0.15) is 0 Å². The van der Waals surface area contributed by atoms with Crippen molar-refractivity contribution in [3.8, 4) is 22.6 Å². The highest BCUT2D eigenvalue weighted by Crippen LogP contribution is 2.29. The fourth-order valence-electron chi connectivity index (χ4n) is 6.36. The highest BCUT2D eigenvalue weighted by molar-refractivity contribution is 5.82. The second kappa shape index (κ2) is 14.8. The zero-order chi connectivity index (χ0) is 30.2. The zero-order valence-corrected chi connectivity index (χ0v) is 25.5. The third kappa shape index (κ3) is 7.74. The van der Waals surface area contributed by atoms with E-state index in [2.05, 4.69) is 46.2 Å². The summed E-state index contributed by atoms with van der Waals surface area (Å²) in [4.78, 5) is 19.9. The third-order valence-corrected chi connectivity index (χ3v) is 8.96. The fourth-order valence-corrected chi connectivity index (χ4v) is 6.36. The largest absolute Gasteiger partial charge is 0.497 e. The molecule has 2 heterocycles. The van der Waals surface area contributed by atoms with Gasteiger partial charge in [-0.3, -0.25) is 9.69 Å². The Hall–Kier alpha value is -3.46. The van der Waals surface area contributed by atoms with Gasteiger partial charge in [0, 0.05) is 44.8 Å². The van der Waals surface area contributed by atoms with Gasteiger partial charge in [-0.25, -0.2) is 4.39 Å². The molecule has 8 heteroatoms. The van der Waals surface area contributed by atoms with Crippen LogP contribution >= 0.6 is 0 Å². The van der Waals surface area contributed by atoms with E-state index in [0.29, 0.717) is 50.6 Å². The van der Waals surface area contributed by atoms with E-state index in [9.17, 15) is 9.18 Å². The van der Waals surface area contributed by atoms with Crippen molar-refractivity contribution in [3.05, 3.63) is 83.7 Å². The summed E-state index contributed by atoms with van der Waals surface area (Å²) in [6, 6.07) is 21.3. The number of nitrogens with zero attached hydrogens (tertiary/aromatic N) is 3. The summed E-state index contributed by atoms with van der Waals surface area (Å²) in [5.74, 6) is 1.45. The van der Waals surface area contributed by atoms with Crippen molar-refractivity contribution >= 4 is 5.91 Å². The maximum atomic E-state index is 14.5. The molecule has 7 nitrogen and oxygen atoms in total. The average Bonchev–Trinajstić information content (AvgIpc) is 3.05. The number of hydrogen-bond donors (Lipinski definition) is 1. The van der Waals surface area contributed by atoms with Crippen LogP contribution < -0.4 is 15.2 Å². The van der Waals surface area contributed by atoms with Crippen LogP contribution in [-0.4, -0.2) is 86.2 Å². The number of piperazine rings is 1. The van der Waals surface area contributed by atoms with Gasteiger partial charge in [-0.15, -0.1) is 0 Å². The van der Waals surface area contributed by atoms with Crippen LogP contribution in [0, 0.1) is 11.7 Å². The van der Waals surface area contributed by atoms with Gasteiger partial charge in [-0.05, 0) is 86.1 Å². The molecule has 43 heavy (non-hydrogen) atoms. The van der Waals surface area contributed by atoms with E-state index < -0.39 is 6.04 Å². The van der Waals surface area contributed by atoms with Gasteiger partial charge < -0.3 is 25.0 Å². The Labute approximate surface area is 255 Å². The summed E-state index contributed by atoms with van der Waals surface area (Å²) in [7, 11) is 1.71. The molecule has 230 valence electrons. The van der Waals surface area contributed by atoms with Gasteiger partial charge in [0.25, 0.3) is 0 Å². The first-order valence-corrected chi connectivity index (χ1v) is 15.6. The molecule has 2 fully saturated rings. The third-order valence-electron chi connectivity index (χ3n) is 8.96. The Morgan fingerprint density at radius 1 is 0.953 bits per heavy atom. The normalized spacial score (nSPS) is 17.5. The maximum absolute atomic E-state index is 14.5. The molecule has 3 aromatic carbocycles. The maximum Gasteiger partial charge on any atom is 0.239 e. The van der Waals surface area contributed by atoms with E-state index in [1.165, 1.54) is 22.8 Å². The van der Waals surface area contributed by atoms with Gasteiger partial charge in [-0.1, -0.05) is 42.5 Å². The first kappa shape index (κ1) is 31.0. The van der Waals surface area contributed by atoms with Gasteiger partial charge in [0.15, 0.2) is 0 Å². The lowest BCUT2D eigenvalue weighted by atomic mass is 9.88. The molecular weight excluding hydrogens is 543 g/mol. The van der Waals surface area contributed by atoms with Crippen molar-refractivity contribution in [2.75, 3.05) is 59.5 Å². The fraction of sp³-hybridized carbons (Fsp3) is 0.457. The second-order valence-electron chi connectivity index (χ2n) is 11.6. The number of likely N-dealkylation sites (tertiary alicyclic amines) is 1. The lowest BCUT2D eigenvalue weighted by Gasteiger charge is -2.39. The monoisotopic (exact) mass is 588 g/mol. The number of hydrogen-bond acceptors (Lipinski definition) is 6. The lowest BCUT2D eigenvalue weighted by molar-refractivity contribution is -0.136. The molecule has 0 unspecified atom stereocenters. The van der Waals surface area contributed by atoms with Crippen molar-refractivity contribution in [1.29, 1.82) is 0 Å². The van der Waals surface area contributed by atoms with Crippen LogP contribution in [0.15, 0.2) is 66.7 Å². The highest BCUT2D eigenvalue weighted by atomic mass is 19.1. The number of carbonyl (C=O) groups excluding carboxylic acids is 1. The van der Waals surface area contributed by atoms with Crippen LogP contribution in [0.2, 0.25) is 0 Å². The predicted octanol–water partition coefficient (Wildman–Crippen LogP) is 4.83. The molecule has 0 aromatic heterocycles. The van der Waals surface area contributed by atoms with Crippen LogP contribution in [0.3, 0.4) is 0 Å². The minimum Gasteiger partial charge on any atom is -0.497 e. The molecule has 3 aromatic rings. The van der Waals surface area contributed by atoms with Gasteiger partial charge in [0.1, 0.15) is 17.3 Å². The van der Waals surface area contributed by atoms with E-state index >= 15 is 0 Å². The number of benzene rings is 3. The molecule has 2 N–H and O–H groups in total. The quantitative estimate of drug-likeness (QED) is 0.346. The molecule has 2 aliphatic heterocycles. The Balaban J connectivity index is 1.09. The molecule has 1 atom stereocenters. The average molecular weight is 589 g/mol. The number of ether oxygens (including phenoxy) is 2. The molecule has 5 rings (SSSR count). The molecule has 0 radical (unpaired) electrons. The first-order valence-electron chi connectivity index (χ1n) is 15.6. The van der Waals surface area contributed by atoms with E-state index in [1.807, 2.05) is 30.0 Å². The molecule has 2 aliphatic rings. The number of halogens is 1. The van der Waals surface area contributed by atoms with Gasteiger partial charge >= 0.3 is 0 Å². The molecule has 0 bridgehead atoms. The van der Waals surface area contributed by atoms with E-state index in [1.54, 1.807) is 13.2 Å². The molecule has 2 saturated heterocycles. The minimum absolute atomic E-state index is 0.0443. The Morgan fingerprint density at radius 3 is 2.40 bits per heavy atom. The number of nitrogens with two attached hydrogens (primary N) is 1. The van der Waals surface area contributed by atoms with E-state index in [0.717, 1.165) is 44.6 Å². The van der Waals surface area contributed by atoms with Crippen molar-refractivity contribution in [1.82, 2.24) is 14.7 Å². The van der Waals surface area contributed by atoms with Crippen LogP contribution in [0.4, 0.5) is 4.39 Å². The van der Waals surface area contributed by atoms with Crippen molar-refractivity contribution in [2.24, 2.45) is 11.7 Å². The summed E-state index contributed by atoms with van der Waals surface area (Å²) in [5.41, 5.74) is 10.9. The highest BCUT2D eigenvalue weighted by Gasteiger charge is 2.33. The summed E-state index contributed by atoms with van der Waals surface area (Å²) >= 11 is 0. The van der Waals surface area contributed by atoms with E-state index in [-0.39, 0.29) is 17.6 Å². The topological polar surface area (TPSA) is 71.3 Å². The van der Waals surface area contributed by atoms with E-state index in [4.69, 9.17) is 15.2 Å². The first-order chi connectivity index (χ1) is 21.0. The predicted molar refractivity (Wildman–Crippen MR) is 169 cm³/mol. The molecule has 0 aliphatic carbocycles. The smallest absolute Gasteiger partial charge is 0.239 e. The van der Waals surface area contributed by atoms with Crippen molar-refractivity contribution < 1.29 is 18.7 Å². The Morgan fingerprint density at radius 2 is 1.70 bits per heavy atom. The minimum atomic E-state index is -0.479. The molecule has 1 amide bonds. The summed E-state index contributed by atoms with van der Waals surface area (Å²) in [5, 5.41) is 0. The molecular formula is C35H45FN4O3. The molecule has 0 saturated carbocycles. The lowest BCUT2D eigenvalue weighted by Crippen LogP contribution is -2.55. The van der Waals surface area contributed by atoms with Crippen molar-refractivity contribution in [2.45, 2.75) is 38.8 Å². The SMILES string of the molecule is CCOc1cccc(F)c1CN1CCN(C(=O)[C@H](N)C2CCN(CCc3cc(OC)ccc3-c3ccccc3)CC2)CC1. The standard InChI is InChI=1S/C35H45FN4O3/c1-3-43-33-11-7-10-32(36)31(33)25-39-20-22-40(23-21-39)35(41)34(37)27-14-17-38(18-15-27)19-16-28-24-29(42-2)12-13-30(28)26-8-5-4-6-9-26/h4-13,24,27,34H,3,14-23,25,37H2,1-2H3/t34-/m1/s1. The van der Waals surface area contributed by atoms with Gasteiger partial charge in [0.2, 0.25) is 5.91 Å². The zero-order valence-electron chi connectivity index (χ0n) is 25.5. The van der Waals surface area contributed by atoms with Crippen LogP contribution in [0.5, 0.6) is 11.5 Å². The second-order valence-corrected chi connectivity index (χ2v) is 11.6.